The van der Waals surface area contributed by atoms with Crippen LogP contribution in [0.2, 0.25) is 0 Å². The lowest BCUT2D eigenvalue weighted by Gasteiger charge is -2.21. The Hall–Kier alpha value is -0.640. The van der Waals surface area contributed by atoms with Crippen molar-refractivity contribution in [2.24, 2.45) is 0 Å². The van der Waals surface area contributed by atoms with E-state index in [4.69, 9.17) is 0 Å². The van der Waals surface area contributed by atoms with E-state index in [0.29, 0.717) is 12.1 Å². The molecule has 100 valence electrons. The van der Waals surface area contributed by atoms with Crippen LogP contribution < -0.4 is 5.32 Å². The van der Waals surface area contributed by atoms with Crippen LogP contribution in [0.1, 0.15) is 37.1 Å². The Balaban J connectivity index is 2.03. The van der Waals surface area contributed by atoms with Crippen LogP contribution in [0.3, 0.4) is 0 Å². The molecule has 2 unspecified atom stereocenters. The lowest BCUT2D eigenvalue weighted by Crippen LogP contribution is -2.22. The highest BCUT2D eigenvalue weighted by Gasteiger charge is 2.10. The van der Waals surface area contributed by atoms with Crippen molar-refractivity contribution in [3.8, 4) is 0 Å². The van der Waals surface area contributed by atoms with Gasteiger partial charge in [0, 0.05) is 21.0 Å². The fraction of sp³-hybridized carbons (Fsp3) is 0.250. The van der Waals surface area contributed by atoms with Crippen LogP contribution in [-0.4, -0.2) is 0 Å². The molecule has 2 rings (SSSR count). The summed E-state index contributed by atoms with van der Waals surface area (Å²) >= 11 is 6.93. The average Bonchev–Trinajstić information content (AvgIpc) is 2.40. The summed E-state index contributed by atoms with van der Waals surface area (Å²) in [6.07, 6.45) is 0. The van der Waals surface area contributed by atoms with Gasteiger partial charge in [-0.1, -0.05) is 56.1 Å². The fourth-order valence-electron chi connectivity index (χ4n) is 2.07. The minimum atomic E-state index is 0.326. The van der Waals surface area contributed by atoms with E-state index < -0.39 is 0 Å². The number of nitrogens with one attached hydrogen (secondary N) is 1. The predicted octanol–water partition coefficient (Wildman–Crippen LogP) is 5.62. The Labute approximate surface area is 131 Å². The highest BCUT2D eigenvalue weighted by molar-refractivity contribution is 9.10. The average molecular weight is 383 g/mol. The molecule has 0 aliphatic carbocycles. The molecule has 0 bridgehead atoms. The fourth-order valence-corrected chi connectivity index (χ4v) is 2.60. The monoisotopic (exact) mass is 381 g/mol. The molecule has 0 amide bonds. The molecule has 3 heteroatoms. The number of hydrogen-bond acceptors (Lipinski definition) is 1. The van der Waals surface area contributed by atoms with Gasteiger partial charge in [0.05, 0.1) is 0 Å². The van der Waals surface area contributed by atoms with E-state index in [1.807, 2.05) is 0 Å². The smallest absolute Gasteiger partial charge is 0.0297 e. The molecule has 0 saturated carbocycles. The quantitative estimate of drug-likeness (QED) is 0.723. The van der Waals surface area contributed by atoms with Gasteiger partial charge in [-0.2, -0.15) is 0 Å². The molecule has 0 spiro atoms. The van der Waals surface area contributed by atoms with E-state index >= 15 is 0 Å². The van der Waals surface area contributed by atoms with Crippen molar-refractivity contribution in [3.63, 3.8) is 0 Å². The summed E-state index contributed by atoms with van der Waals surface area (Å²) in [4.78, 5) is 0. The van der Waals surface area contributed by atoms with Crippen LogP contribution >= 0.6 is 31.9 Å². The van der Waals surface area contributed by atoms with Crippen molar-refractivity contribution in [1.29, 1.82) is 0 Å². The third-order valence-corrected chi connectivity index (χ3v) is 4.30. The zero-order chi connectivity index (χ0) is 13.8. The Bertz CT molecular complexity index is 470. The molecule has 19 heavy (non-hydrogen) atoms. The second kappa shape index (κ2) is 6.69. The molecule has 1 nitrogen and oxygen atoms in total. The number of rotatable bonds is 4. The van der Waals surface area contributed by atoms with Crippen LogP contribution in [0, 0.1) is 0 Å². The van der Waals surface area contributed by atoms with Gasteiger partial charge in [-0.3, -0.25) is 0 Å². The lowest BCUT2D eigenvalue weighted by molar-refractivity contribution is 0.494. The molecule has 0 aromatic heterocycles. The molecule has 0 aliphatic rings. The molecular weight excluding hydrogens is 366 g/mol. The minimum Gasteiger partial charge on any atom is -0.304 e. The minimum absolute atomic E-state index is 0.326. The van der Waals surface area contributed by atoms with Crippen molar-refractivity contribution in [2.45, 2.75) is 25.9 Å². The Morgan fingerprint density at radius 3 is 1.32 bits per heavy atom. The Morgan fingerprint density at radius 1 is 0.684 bits per heavy atom. The van der Waals surface area contributed by atoms with Crippen LogP contribution in [0.4, 0.5) is 0 Å². The maximum atomic E-state index is 3.62. The molecule has 0 heterocycles. The maximum absolute atomic E-state index is 3.62. The first-order chi connectivity index (χ1) is 9.06. The summed E-state index contributed by atoms with van der Waals surface area (Å²) in [5, 5.41) is 3.62. The largest absolute Gasteiger partial charge is 0.304 e. The van der Waals surface area contributed by atoms with Crippen molar-refractivity contribution < 1.29 is 0 Å². The Morgan fingerprint density at radius 2 is 1.00 bits per heavy atom. The normalized spacial score (nSPS) is 14.1. The zero-order valence-corrected chi connectivity index (χ0v) is 14.2. The van der Waals surface area contributed by atoms with Gasteiger partial charge in [0.15, 0.2) is 0 Å². The second-order valence-electron chi connectivity index (χ2n) is 4.71. The summed E-state index contributed by atoms with van der Waals surface area (Å²) in [6, 6.07) is 17.6. The van der Waals surface area contributed by atoms with Crippen molar-refractivity contribution in [3.05, 3.63) is 68.6 Å². The van der Waals surface area contributed by atoms with E-state index in [2.05, 4.69) is 99.6 Å². The molecule has 0 radical (unpaired) electrons. The summed E-state index contributed by atoms with van der Waals surface area (Å²) < 4.78 is 2.23. The first-order valence-corrected chi connectivity index (χ1v) is 7.92. The van der Waals surface area contributed by atoms with Crippen molar-refractivity contribution in [1.82, 2.24) is 5.32 Å². The molecule has 2 aromatic rings. The summed E-state index contributed by atoms with van der Waals surface area (Å²) in [5.74, 6) is 0. The first-order valence-electron chi connectivity index (χ1n) is 6.33. The van der Waals surface area contributed by atoms with E-state index in [9.17, 15) is 0 Å². The molecule has 0 aliphatic heterocycles. The molecule has 0 fully saturated rings. The molecular formula is C16H17Br2N. The zero-order valence-electron chi connectivity index (χ0n) is 11.0. The lowest BCUT2D eigenvalue weighted by atomic mass is 10.0. The van der Waals surface area contributed by atoms with Crippen LogP contribution in [0.15, 0.2) is 57.5 Å². The van der Waals surface area contributed by atoms with Crippen LogP contribution in [-0.2, 0) is 0 Å². The highest BCUT2D eigenvalue weighted by atomic mass is 79.9. The van der Waals surface area contributed by atoms with Gasteiger partial charge in [-0.15, -0.1) is 0 Å². The highest BCUT2D eigenvalue weighted by Crippen LogP contribution is 2.22. The summed E-state index contributed by atoms with van der Waals surface area (Å²) in [6.45, 7) is 4.39. The first kappa shape index (κ1) is 14.8. The van der Waals surface area contributed by atoms with Crippen molar-refractivity contribution in [2.75, 3.05) is 0 Å². The number of hydrogen-bond donors (Lipinski definition) is 1. The van der Waals surface area contributed by atoms with Gasteiger partial charge >= 0.3 is 0 Å². The van der Waals surface area contributed by atoms with Gasteiger partial charge in [-0.05, 0) is 49.2 Å². The standard InChI is InChI=1S/C16H17Br2N/c1-11(13-3-7-15(17)8-4-13)19-12(2)14-5-9-16(18)10-6-14/h3-12,19H,1-2H3. The van der Waals surface area contributed by atoms with E-state index in [1.165, 1.54) is 11.1 Å². The summed E-state index contributed by atoms with van der Waals surface area (Å²) in [7, 11) is 0. The topological polar surface area (TPSA) is 12.0 Å². The SMILES string of the molecule is CC(NC(C)c1ccc(Br)cc1)c1ccc(Br)cc1. The molecule has 0 saturated heterocycles. The van der Waals surface area contributed by atoms with Crippen LogP contribution in [0.5, 0.6) is 0 Å². The maximum Gasteiger partial charge on any atom is 0.0297 e. The predicted molar refractivity (Wildman–Crippen MR) is 88.2 cm³/mol. The third kappa shape index (κ3) is 4.16. The van der Waals surface area contributed by atoms with E-state index in [0.717, 1.165) is 8.95 Å². The van der Waals surface area contributed by atoms with Gasteiger partial charge in [0.2, 0.25) is 0 Å². The van der Waals surface area contributed by atoms with Crippen molar-refractivity contribution >= 4 is 31.9 Å². The number of halogens is 2. The van der Waals surface area contributed by atoms with Gasteiger partial charge in [-0.25, -0.2) is 0 Å². The van der Waals surface area contributed by atoms with E-state index in [1.54, 1.807) is 0 Å². The summed E-state index contributed by atoms with van der Waals surface area (Å²) in [5.41, 5.74) is 2.60. The van der Waals surface area contributed by atoms with Crippen LogP contribution in [0.25, 0.3) is 0 Å². The Kier molecular flexibility index (Phi) is 5.20. The third-order valence-electron chi connectivity index (χ3n) is 3.24. The van der Waals surface area contributed by atoms with Gasteiger partial charge in [0.1, 0.15) is 0 Å². The molecule has 1 N–H and O–H groups in total. The number of benzene rings is 2. The van der Waals surface area contributed by atoms with Gasteiger partial charge in [0.25, 0.3) is 0 Å². The molecule has 2 aromatic carbocycles. The second-order valence-corrected chi connectivity index (χ2v) is 6.54. The van der Waals surface area contributed by atoms with E-state index in [-0.39, 0.29) is 0 Å². The molecule has 2 atom stereocenters. The van der Waals surface area contributed by atoms with Gasteiger partial charge < -0.3 is 5.32 Å².